The molecule has 3 N–H and O–H groups in total. The Bertz CT molecular complexity index is 145. The summed E-state index contributed by atoms with van der Waals surface area (Å²) in [6.45, 7) is 2.33. The van der Waals surface area contributed by atoms with Crippen LogP contribution in [-0.4, -0.2) is 30.3 Å². The van der Waals surface area contributed by atoms with Crippen LogP contribution in [0.5, 0.6) is 0 Å². The van der Waals surface area contributed by atoms with Gasteiger partial charge in [0.1, 0.15) is 6.04 Å². The molecule has 0 bridgehead atoms. The van der Waals surface area contributed by atoms with E-state index in [-0.39, 0.29) is 6.61 Å². The van der Waals surface area contributed by atoms with E-state index in [9.17, 15) is 4.79 Å². The minimum Gasteiger partial charge on any atom is -0.480 e. The van der Waals surface area contributed by atoms with E-state index in [1.165, 1.54) is 0 Å². The number of carboxylic acids is 1. The molecule has 64 valence electrons. The van der Waals surface area contributed by atoms with Crippen molar-refractivity contribution >= 4 is 5.97 Å². The molecule has 1 atom stereocenters. The molecule has 0 aromatic rings. The molecule has 0 radical (unpaired) electrons. The van der Waals surface area contributed by atoms with Crippen LogP contribution in [0.2, 0.25) is 0 Å². The Kier molecular flexibility index (Phi) is 5.42. The number of nitrogens with two attached hydrogens (primary N) is 1. The summed E-state index contributed by atoms with van der Waals surface area (Å²) in [5, 5.41) is 8.32. The van der Waals surface area contributed by atoms with E-state index in [0.717, 1.165) is 0 Å². The lowest BCUT2D eigenvalue weighted by Gasteiger charge is -2.04. The van der Waals surface area contributed by atoms with Crippen molar-refractivity contribution in [1.29, 1.82) is 0 Å². The Morgan fingerprint density at radius 3 is 2.91 bits per heavy atom. The van der Waals surface area contributed by atoms with Crippen molar-refractivity contribution in [3.8, 4) is 0 Å². The molecule has 0 unspecified atom stereocenters. The van der Waals surface area contributed by atoms with Crippen LogP contribution in [0.15, 0.2) is 12.2 Å². The maximum Gasteiger partial charge on any atom is 0.322 e. The molecule has 0 aliphatic heterocycles. The average molecular weight is 159 g/mol. The van der Waals surface area contributed by atoms with Gasteiger partial charge in [-0.2, -0.15) is 0 Å². The molecule has 0 aromatic heterocycles. The maximum absolute atomic E-state index is 10.1. The van der Waals surface area contributed by atoms with Gasteiger partial charge in [0.05, 0.1) is 13.2 Å². The van der Waals surface area contributed by atoms with Crippen molar-refractivity contribution < 1.29 is 14.6 Å². The van der Waals surface area contributed by atoms with E-state index in [2.05, 4.69) is 0 Å². The zero-order valence-corrected chi connectivity index (χ0v) is 6.49. The fraction of sp³-hybridized carbons (Fsp3) is 0.571. The highest BCUT2D eigenvalue weighted by Gasteiger charge is 2.09. The predicted molar refractivity (Wildman–Crippen MR) is 41.2 cm³/mol. The molecule has 0 fully saturated rings. The lowest BCUT2D eigenvalue weighted by atomic mass is 10.3. The smallest absolute Gasteiger partial charge is 0.322 e. The van der Waals surface area contributed by atoms with Crippen molar-refractivity contribution in [3.63, 3.8) is 0 Å². The third-order valence-electron chi connectivity index (χ3n) is 1.06. The van der Waals surface area contributed by atoms with Crippen LogP contribution in [-0.2, 0) is 9.53 Å². The third kappa shape index (κ3) is 5.57. The highest BCUT2D eigenvalue weighted by Crippen LogP contribution is 1.82. The van der Waals surface area contributed by atoms with Crippen molar-refractivity contribution in [1.82, 2.24) is 0 Å². The fourth-order valence-corrected chi connectivity index (χ4v) is 0.431. The first-order valence-corrected chi connectivity index (χ1v) is 3.35. The van der Waals surface area contributed by atoms with Crippen LogP contribution < -0.4 is 5.73 Å². The van der Waals surface area contributed by atoms with E-state index >= 15 is 0 Å². The van der Waals surface area contributed by atoms with Crippen LogP contribution in [0.4, 0.5) is 0 Å². The molecule has 4 heteroatoms. The highest BCUT2D eigenvalue weighted by molar-refractivity contribution is 5.73. The van der Waals surface area contributed by atoms with Crippen molar-refractivity contribution in [2.24, 2.45) is 5.73 Å². The van der Waals surface area contributed by atoms with Gasteiger partial charge in [-0.3, -0.25) is 4.79 Å². The molecule has 0 rings (SSSR count). The van der Waals surface area contributed by atoms with Gasteiger partial charge in [-0.15, -0.1) is 0 Å². The Morgan fingerprint density at radius 2 is 2.45 bits per heavy atom. The summed E-state index contributed by atoms with van der Waals surface area (Å²) in [6.07, 6.45) is 3.61. The first-order valence-electron chi connectivity index (χ1n) is 3.35. The molecule has 4 nitrogen and oxygen atoms in total. The summed E-state index contributed by atoms with van der Waals surface area (Å²) in [5.74, 6) is -1.04. The lowest BCUT2D eigenvalue weighted by molar-refractivity contribution is -0.139. The summed E-state index contributed by atoms with van der Waals surface area (Å²) in [4.78, 5) is 10.1. The number of ether oxygens (including phenoxy) is 1. The second-order valence-corrected chi connectivity index (χ2v) is 2.05. The van der Waals surface area contributed by atoms with Gasteiger partial charge in [0.2, 0.25) is 0 Å². The summed E-state index contributed by atoms with van der Waals surface area (Å²) < 4.78 is 4.90. The summed E-state index contributed by atoms with van der Waals surface area (Å²) >= 11 is 0. The van der Waals surface area contributed by atoms with Crippen molar-refractivity contribution in [2.75, 3.05) is 13.2 Å². The summed E-state index contributed by atoms with van der Waals surface area (Å²) in [5.41, 5.74) is 5.15. The highest BCUT2D eigenvalue weighted by atomic mass is 16.5. The molecule has 0 saturated carbocycles. The number of carbonyl (C=O) groups is 1. The first-order chi connectivity index (χ1) is 5.18. The van der Waals surface area contributed by atoms with E-state index in [1.807, 2.05) is 13.0 Å². The quantitative estimate of drug-likeness (QED) is 0.437. The molecular formula is C7H13NO3. The van der Waals surface area contributed by atoms with E-state index in [4.69, 9.17) is 15.6 Å². The van der Waals surface area contributed by atoms with Gasteiger partial charge in [-0.05, 0) is 6.92 Å². The van der Waals surface area contributed by atoms with Crippen molar-refractivity contribution in [3.05, 3.63) is 12.2 Å². The number of hydrogen-bond acceptors (Lipinski definition) is 3. The van der Waals surface area contributed by atoms with Crippen LogP contribution in [0.25, 0.3) is 0 Å². The number of hydrogen-bond donors (Lipinski definition) is 2. The minimum absolute atomic E-state index is 0.0552. The van der Waals surface area contributed by atoms with Crippen LogP contribution in [0.3, 0.4) is 0 Å². The van der Waals surface area contributed by atoms with Gasteiger partial charge in [0.15, 0.2) is 0 Å². The zero-order valence-electron chi connectivity index (χ0n) is 6.49. The Hall–Kier alpha value is -0.870. The van der Waals surface area contributed by atoms with Gasteiger partial charge in [0, 0.05) is 0 Å². The second-order valence-electron chi connectivity index (χ2n) is 2.05. The Balaban J connectivity index is 3.31. The van der Waals surface area contributed by atoms with E-state index in [0.29, 0.717) is 6.61 Å². The molecule has 0 heterocycles. The fourth-order valence-electron chi connectivity index (χ4n) is 0.431. The molecular weight excluding hydrogens is 146 g/mol. The number of rotatable bonds is 5. The number of aliphatic carboxylic acids is 1. The van der Waals surface area contributed by atoms with Gasteiger partial charge < -0.3 is 15.6 Å². The predicted octanol–water partition coefficient (Wildman–Crippen LogP) is -0.00900. The second kappa shape index (κ2) is 5.88. The summed E-state index contributed by atoms with van der Waals surface area (Å²) in [7, 11) is 0. The average Bonchev–Trinajstić information content (AvgIpc) is 1.97. The zero-order chi connectivity index (χ0) is 8.69. The van der Waals surface area contributed by atoms with E-state index < -0.39 is 12.0 Å². The van der Waals surface area contributed by atoms with Crippen LogP contribution >= 0.6 is 0 Å². The maximum atomic E-state index is 10.1. The van der Waals surface area contributed by atoms with Gasteiger partial charge in [-0.25, -0.2) is 0 Å². The molecule has 0 aliphatic rings. The minimum atomic E-state index is -1.04. The number of carboxylic acid groups (broad SMARTS) is 1. The van der Waals surface area contributed by atoms with Crippen LogP contribution in [0.1, 0.15) is 6.92 Å². The SMILES string of the molecule is C/C=C/COC[C@H](N)C(=O)O. The standard InChI is InChI=1S/C7H13NO3/c1-2-3-4-11-5-6(8)7(9)10/h2-3,6H,4-5,8H2,1H3,(H,9,10)/b3-2+/t6-/m0/s1. The Morgan fingerprint density at radius 1 is 1.82 bits per heavy atom. The first kappa shape index (κ1) is 10.1. The normalized spacial score (nSPS) is 13.6. The Labute approximate surface area is 65.6 Å². The molecule has 0 aliphatic carbocycles. The van der Waals surface area contributed by atoms with Crippen molar-refractivity contribution in [2.45, 2.75) is 13.0 Å². The molecule has 11 heavy (non-hydrogen) atoms. The summed E-state index contributed by atoms with van der Waals surface area (Å²) in [6, 6.07) is -0.916. The lowest BCUT2D eigenvalue weighted by Crippen LogP contribution is -2.34. The largest absolute Gasteiger partial charge is 0.480 e. The van der Waals surface area contributed by atoms with Gasteiger partial charge in [0.25, 0.3) is 0 Å². The monoisotopic (exact) mass is 159 g/mol. The molecule has 0 saturated heterocycles. The number of allylic oxidation sites excluding steroid dienone is 1. The molecule has 0 aromatic carbocycles. The van der Waals surface area contributed by atoms with Crippen LogP contribution in [0, 0.1) is 0 Å². The topological polar surface area (TPSA) is 72.5 Å². The van der Waals surface area contributed by atoms with E-state index in [1.54, 1.807) is 6.08 Å². The molecule has 0 spiro atoms. The molecule has 0 amide bonds. The van der Waals surface area contributed by atoms with Gasteiger partial charge in [-0.1, -0.05) is 12.2 Å². The third-order valence-corrected chi connectivity index (χ3v) is 1.06. The van der Waals surface area contributed by atoms with Gasteiger partial charge >= 0.3 is 5.97 Å².